The van der Waals surface area contributed by atoms with Gasteiger partial charge in [-0.2, -0.15) is 0 Å². The first-order chi connectivity index (χ1) is 24.3. The van der Waals surface area contributed by atoms with Crippen LogP contribution in [0.15, 0.2) is 164 Å². The lowest BCUT2D eigenvalue weighted by Crippen LogP contribution is -2.40. The van der Waals surface area contributed by atoms with Crippen LogP contribution in [0, 0.1) is 6.92 Å². The molecule has 7 aromatic carbocycles. The van der Waals surface area contributed by atoms with Gasteiger partial charge in [-0.25, -0.2) is 0 Å². The van der Waals surface area contributed by atoms with Crippen molar-refractivity contribution in [1.82, 2.24) is 0 Å². The average molecular weight is 645 g/mol. The predicted molar refractivity (Wildman–Crippen MR) is 211 cm³/mol. The molecular formula is C48H40N2. The fourth-order valence-corrected chi connectivity index (χ4v) is 8.19. The highest BCUT2D eigenvalue weighted by molar-refractivity contribution is 5.95. The van der Waals surface area contributed by atoms with E-state index in [0.717, 1.165) is 17.1 Å². The van der Waals surface area contributed by atoms with Gasteiger partial charge < -0.3 is 10.2 Å². The first-order valence-electron chi connectivity index (χ1n) is 17.6. The molecule has 2 nitrogen and oxygen atoms in total. The Kier molecular flexibility index (Phi) is 6.86. The number of rotatable bonds is 3. The van der Waals surface area contributed by atoms with Gasteiger partial charge in [0.05, 0.1) is 16.8 Å². The van der Waals surface area contributed by atoms with Crippen LogP contribution in [0.1, 0.15) is 54.2 Å². The van der Waals surface area contributed by atoms with Crippen molar-refractivity contribution in [3.63, 3.8) is 0 Å². The van der Waals surface area contributed by atoms with Gasteiger partial charge in [-0.15, -0.1) is 0 Å². The Morgan fingerprint density at radius 2 is 1.02 bits per heavy atom. The van der Waals surface area contributed by atoms with E-state index >= 15 is 0 Å². The molecule has 0 radical (unpaired) electrons. The molecule has 1 unspecified atom stereocenters. The summed E-state index contributed by atoms with van der Waals surface area (Å²) in [6, 6.07) is 60.7. The van der Waals surface area contributed by atoms with Crippen molar-refractivity contribution in [1.29, 1.82) is 0 Å². The molecule has 0 aliphatic carbocycles. The molecule has 0 saturated heterocycles. The summed E-state index contributed by atoms with van der Waals surface area (Å²) in [7, 11) is 0. The number of nitrogens with one attached hydrogen (secondary N) is 1. The van der Waals surface area contributed by atoms with Crippen molar-refractivity contribution >= 4 is 28.4 Å². The Morgan fingerprint density at radius 1 is 0.460 bits per heavy atom. The fraction of sp³-hybridized carbons (Fsp3) is 0.125. The van der Waals surface area contributed by atoms with E-state index in [4.69, 9.17) is 0 Å². The van der Waals surface area contributed by atoms with Crippen LogP contribution in [0.4, 0.5) is 28.4 Å². The van der Waals surface area contributed by atoms with E-state index in [0.29, 0.717) is 0 Å². The molecule has 242 valence electrons. The highest BCUT2D eigenvalue weighted by Crippen LogP contribution is 2.62. The number of nitrogens with zero attached hydrogens (tertiary/aromatic N) is 1. The summed E-state index contributed by atoms with van der Waals surface area (Å²) >= 11 is 0. The molecule has 50 heavy (non-hydrogen) atoms. The quantitative estimate of drug-likeness (QED) is 0.206. The van der Waals surface area contributed by atoms with E-state index in [1.165, 1.54) is 67.0 Å². The summed E-state index contributed by atoms with van der Waals surface area (Å²) in [5, 5.41) is 3.86. The molecule has 0 fully saturated rings. The Hall–Kier alpha value is -5.86. The minimum absolute atomic E-state index is 0.0153. The molecule has 2 heterocycles. The minimum atomic E-state index is -0.569. The maximum absolute atomic E-state index is 3.86. The average Bonchev–Trinajstić information content (AvgIpc) is 3.15. The molecule has 7 aromatic rings. The Bertz CT molecular complexity index is 2380. The van der Waals surface area contributed by atoms with E-state index in [2.05, 4.69) is 202 Å². The van der Waals surface area contributed by atoms with Crippen LogP contribution in [0.2, 0.25) is 0 Å². The van der Waals surface area contributed by atoms with E-state index < -0.39 is 5.41 Å². The summed E-state index contributed by atoms with van der Waals surface area (Å²) in [5.74, 6) is 0. The smallest absolute Gasteiger partial charge is 0.0782 e. The Morgan fingerprint density at radius 3 is 1.72 bits per heavy atom. The van der Waals surface area contributed by atoms with Gasteiger partial charge in [-0.1, -0.05) is 148 Å². The minimum Gasteiger partial charge on any atom is -0.355 e. The summed E-state index contributed by atoms with van der Waals surface area (Å²) < 4.78 is 0. The normalized spacial score (nSPS) is 15.8. The number of benzene rings is 7. The number of fused-ring (bicyclic) bond motifs is 8. The molecule has 1 N–H and O–H groups in total. The zero-order valence-electron chi connectivity index (χ0n) is 29.0. The van der Waals surface area contributed by atoms with Gasteiger partial charge in [0.2, 0.25) is 0 Å². The van der Waals surface area contributed by atoms with Crippen LogP contribution in [0.5, 0.6) is 0 Å². The van der Waals surface area contributed by atoms with Gasteiger partial charge in [-0.05, 0) is 105 Å². The van der Waals surface area contributed by atoms with Crippen molar-refractivity contribution < 1.29 is 0 Å². The van der Waals surface area contributed by atoms with Crippen LogP contribution in [-0.4, -0.2) is 0 Å². The topological polar surface area (TPSA) is 15.3 Å². The van der Waals surface area contributed by atoms with Crippen LogP contribution in [-0.2, 0) is 10.8 Å². The number of anilines is 5. The molecule has 0 aromatic heterocycles. The van der Waals surface area contributed by atoms with Crippen molar-refractivity contribution in [3.8, 4) is 22.3 Å². The maximum atomic E-state index is 3.86. The second-order valence-electron chi connectivity index (χ2n) is 14.8. The standard InChI is InChI=1S/C48H40N2/c1-32-19-27-45-41(29-32)48(39-17-11-12-18-43(39)49-44-26-23-37(31-40(44)48)47(2,3)4)42-30-36(34-15-9-6-10-16-34)22-28-46(42)50(45)38-24-20-35(21-25-38)33-13-7-5-8-14-33/h5-31,49H,1-4H3. The highest BCUT2D eigenvalue weighted by Gasteiger charge is 2.50. The molecule has 0 amide bonds. The predicted octanol–water partition coefficient (Wildman–Crippen LogP) is 12.8. The third-order valence-corrected chi connectivity index (χ3v) is 10.7. The first-order valence-corrected chi connectivity index (χ1v) is 17.6. The van der Waals surface area contributed by atoms with Crippen LogP contribution in [0.3, 0.4) is 0 Å². The molecular weight excluding hydrogens is 605 g/mol. The number of para-hydroxylation sites is 1. The first kappa shape index (κ1) is 30.2. The van der Waals surface area contributed by atoms with Gasteiger partial charge >= 0.3 is 0 Å². The highest BCUT2D eigenvalue weighted by atomic mass is 15.2. The Balaban J connectivity index is 1.39. The second-order valence-corrected chi connectivity index (χ2v) is 14.8. The third-order valence-electron chi connectivity index (χ3n) is 10.7. The summed E-state index contributed by atoms with van der Waals surface area (Å²) in [5.41, 5.74) is 17.8. The third kappa shape index (κ3) is 4.63. The van der Waals surface area contributed by atoms with E-state index in [1.807, 2.05) is 0 Å². The van der Waals surface area contributed by atoms with Crippen LogP contribution < -0.4 is 10.2 Å². The van der Waals surface area contributed by atoms with Crippen LogP contribution in [0.25, 0.3) is 22.3 Å². The van der Waals surface area contributed by atoms with Crippen molar-refractivity contribution in [2.45, 2.75) is 38.5 Å². The van der Waals surface area contributed by atoms with Crippen molar-refractivity contribution in [3.05, 3.63) is 197 Å². The second kappa shape index (κ2) is 11.4. The molecule has 0 bridgehead atoms. The number of aryl methyl sites for hydroxylation is 1. The van der Waals surface area contributed by atoms with Crippen LogP contribution >= 0.6 is 0 Å². The molecule has 1 atom stereocenters. The monoisotopic (exact) mass is 644 g/mol. The van der Waals surface area contributed by atoms with Gasteiger partial charge in [0, 0.05) is 17.1 Å². The molecule has 1 spiro atoms. The SMILES string of the molecule is Cc1ccc2c(c1)C1(c3ccccc3Nc3ccc(C(C)(C)C)cc31)c1cc(-c3ccccc3)ccc1N2c1ccc(-c2ccccc2)cc1. The summed E-state index contributed by atoms with van der Waals surface area (Å²) in [6.45, 7) is 9.16. The largest absolute Gasteiger partial charge is 0.355 e. The lowest BCUT2D eigenvalue weighted by molar-refractivity contribution is 0.587. The lowest BCUT2D eigenvalue weighted by atomic mass is 9.59. The summed E-state index contributed by atoms with van der Waals surface area (Å²) in [4.78, 5) is 2.48. The zero-order valence-corrected chi connectivity index (χ0v) is 29.0. The van der Waals surface area contributed by atoms with Crippen molar-refractivity contribution in [2.75, 3.05) is 10.2 Å². The molecule has 2 aliphatic rings. The molecule has 2 aliphatic heterocycles. The lowest BCUT2D eigenvalue weighted by Gasteiger charge is -2.50. The van der Waals surface area contributed by atoms with Gasteiger partial charge in [0.1, 0.15) is 0 Å². The summed E-state index contributed by atoms with van der Waals surface area (Å²) in [6.07, 6.45) is 0. The molecule has 9 rings (SSSR count). The fourth-order valence-electron chi connectivity index (χ4n) is 8.19. The van der Waals surface area contributed by atoms with E-state index in [-0.39, 0.29) is 5.41 Å². The number of hydrogen-bond donors (Lipinski definition) is 1. The van der Waals surface area contributed by atoms with Gasteiger partial charge in [0.25, 0.3) is 0 Å². The Labute approximate surface area is 295 Å². The molecule has 0 saturated carbocycles. The van der Waals surface area contributed by atoms with E-state index in [9.17, 15) is 0 Å². The van der Waals surface area contributed by atoms with Gasteiger partial charge in [-0.3, -0.25) is 0 Å². The van der Waals surface area contributed by atoms with Gasteiger partial charge in [0.15, 0.2) is 0 Å². The van der Waals surface area contributed by atoms with E-state index in [1.54, 1.807) is 0 Å². The molecule has 2 heteroatoms. The number of hydrogen-bond acceptors (Lipinski definition) is 2. The maximum Gasteiger partial charge on any atom is 0.0782 e. The van der Waals surface area contributed by atoms with Crippen molar-refractivity contribution in [2.24, 2.45) is 0 Å². The zero-order chi connectivity index (χ0) is 34.0.